The Hall–Kier alpha value is -2.29. The predicted octanol–water partition coefficient (Wildman–Crippen LogP) is 5.77. The molecule has 0 aromatic heterocycles. The highest BCUT2D eigenvalue weighted by molar-refractivity contribution is 5.96. The predicted molar refractivity (Wildman–Crippen MR) is 110 cm³/mol. The van der Waals surface area contributed by atoms with E-state index in [9.17, 15) is 4.79 Å². The Kier molecular flexibility index (Phi) is 5.65. The topological polar surface area (TPSA) is 32.3 Å². The van der Waals surface area contributed by atoms with E-state index in [1.807, 2.05) is 0 Å². The van der Waals surface area contributed by atoms with Crippen molar-refractivity contribution in [3.63, 3.8) is 0 Å². The van der Waals surface area contributed by atoms with Gasteiger partial charge in [-0.05, 0) is 56.4 Å². The first-order valence-electron chi connectivity index (χ1n) is 9.76. The first-order chi connectivity index (χ1) is 12.5. The maximum Gasteiger partial charge on any atom is 0.227 e. The number of fused-ring (bicyclic) bond motifs is 1. The highest BCUT2D eigenvalue weighted by Crippen LogP contribution is 2.41. The van der Waals surface area contributed by atoms with E-state index >= 15 is 0 Å². The molecule has 26 heavy (non-hydrogen) atoms. The number of hydrogen-bond acceptors (Lipinski definition) is 2. The van der Waals surface area contributed by atoms with Crippen molar-refractivity contribution in [3.8, 4) is 0 Å². The molecule has 3 nitrogen and oxygen atoms in total. The minimum atomic E-state index is 0.189. The van der Waals surface area contributed by atoms with Crippen molar-refractivity contribution in [2.24, 2.45) is 0 Å². The number of amides is 1. The molecule has 0 aliphatic carbocycles. The van der Waals surface area contributed by atoms with E-state index in [1.54, 1.807) is 0 Å². The molecule has 0 bridgehead atoms. The van der Waals surface area contributed by atoms with Crippen LogP contribution in [0.25, 0.3) is 0 Å². The first-order valence-corrected chi connectivity index (χ1v) is 9.76. The SMILES string of the molecule is CCCCC(=O)N1c2c(C)cccc2[C@@H](Nc2ccccc2C)C[C@@H]1C. The Bertz CT molecular complexity index is 784. The van der Waals surface area contributed by atoms with Gasteiger partial charge in [-0.25, -0.2) is 0 Å². The number of hydrogen-bond donors (Lipinski definition) is 1. The van der Waals surface area contributed by atoms with Gasteiger partial charge in [-0.2, -0.15) is 0 Å². The third kappa shape index (κ3) is 3.62. The average molecular weight is 351 g/mol. The van der Waals surface area contributed by atoms with Crippen LogP contribution in [0.4, 0.5) is 11.4 Å². The van der Waals surface area contributed by atoms with Crippen LogP contribution in [0.5, 0.6) is 0 Å². The van der Waals surface area contributed by atoms with E-state index < -0.39 is 0 Å². The molecule has 0 unspecified atom stereocenters. The number of nitrogens with one attached hydrogen (secondary N) is 1. The zero-order valence-corrected chi connectivity index (χ0v) is 16.4. The summed E-state index contributed by atoms with van der Waals surface area (Å²) in [6.45, 7) is 8.55. The highest BCUT2D eigenvalue weighted by atomic mass is 16.2. The number of benzene rings is 2. The summed E-state index contributed by atoms with van der Waals surface area (Å²) in [5.74, 6) is 0.254. The number of aryl methyl sites for hydroxylation is 2. The Balaban J connectivity index is 1.97. The van der Waals surface area contributed by atoms with Crippen molar-refractivity contribution in [1.82, 2.24) is 0 Å². The lowest BCUT2D eigenvalue weighted by atomic mass is 9.89. The smallest absolute Gasteiger partial charge is 0.227 e. The zero-order chi connectivity index (χ0) is 18.7. The van der Waals surface area contributed by atoms with Gasteiger partial charge in [-0.15, -0.1) is 0 Å². The van der Waals surface area contributed by atoms with E-state index in [0.29, 0.717) is 6.42 Å². The number of anilines is 2. The van der Waals surface area contributed by atoms with Crippen molar-refractivity contribution in [1.29, 1.82) is 0 Å². The molecule has 138 valence electrons. The third-order valence-electron chi connectivity index (χ3n) is 5.39. The van der Waals surface area contributed by atoms with Crippen LogP contribution in [0.15, 0.2) is 42.5 Å². The molecule has 1 aliphatic rings. The number of carbonyl (C=O) groups is 1. The lowest BCUT2D eigenvalue weighted by Crippen LogP contribution is -2.44. The van der Waals surface area contributed by atoms with E-state index in [1.165, 1.54) is 22.4 Å². The van der Waals surface area contributed by atoms with Gasteiger partial charge >= 0.3 is 0 Å². The van der Waals surface area contributed by atoms with Crippen molar-refractivity contribution in [2.45, 2.75) is 65.5 Å². The summed E-state index contributed by atoms with van der Waals surface area (Å²) in [5.41, 5.74) is 5.93. The minimum Gasteiger partial charge on any atom is -0.378 e. The molecule has 0 saturated heterocycles. The van der Waals surface area contributed by atoms with Gasteiger partial charge in [0, 0.05) is 18.2 Å². The van der Waals surface area contributed by atoms with Crippen molar-refractivity contribution in [2.75, 3.05) is 10.2 Å². The molecule has 2 atom stereocenters. The summed E-state index contributed by atoms with van der Waals surface area (Å²) in [4.78, 5) is 15.0. The van der Waals surface area contributed by atoms with Gasteiger partial charge in [0.05, 0.1) is 11.7 Å². The highest BCUT2D eigenvalue weighted by Gasteiger charge is 2.34. The number of rotatable bonds is 5. The van der Waals surface area contributed by atoms with Crippen LogP contribution in [-0.4, -0.2) is 11.9 Å². The third-order valence-corrected chi connectivity index (χ3v) is 5.39. The van der Waals surface area contributed by atoms with Crippen LogP contribution < -0.4 is 10.2 Å². The maximum absolute atomic E-state index is 12.9. The fourth-order valence-corrected chi connectivity index (χ4v) is 3.96. The van der Waals surface area contributed by atoms with Gasteiger partial charge in [0.1, 0.15) is 0 Å². The molecule has 1 amide bonds. The summed E-state index contributed by atoms with van der Waals surface area (Å²) in [5, 5.41) is 3.73. The van der Waals surface area contributed by atoms with Gasteiger partial charge in [-0.1, -0.05) is 49.7 Å². The van der Waals surface area contributed by atoms with Crippen LogP contribution in [0.3, 0.4) is 0 Å². The molecule has 2 aromatic rings. The van der Waals surface area contributed by atoms with Crippen LogP contribution in [0.1, 0.15) is 62.3 Å². The van der Waals surface area contributed by atoms with E-state index in [0.717, 1.165) is 24.9 Å². The summed E-state index contributed by atoms with van der Waals surface area (Å²) < 4.78 is 0. The van der Waals surface area contributed by atoms with Gasteiger partial charge in [-0.3, -0.25) is 4.79 Å². The van der Waals surface area contributed by atoms with Crippen LogP contribution in [0, 0.1) is 13.8 Å². The first kappa shape index (κ1) is 18.5. The lowest BCUT2D eigenvalue weighted by Gasteiger charge is -2.41. The summed E-state index contributed by atoms with van der Waals surface area (Å²) in [7, 11) is 0. The molecule has 0 saturated carbocycles. The van der Waals surface area contributed by atoms with Crippen LogP contribution in [-0.2, 0) is 4.79 Å². The van der Waals surface area contributed by atoms with Crippen molar-refractivity contribution < 1.29 is 4.79 Å². The second-order valence-electron chi connectivity index (χ2n) is 7.48. The number of carbonyl (C=O) groups excluding carboxylic acids is 1. The molecule has 1 N–H and O–H groups in total. The Morgan fingerprint density at radius 2 is 1.85 bits per heavy atom. The molecule has 0 spiro atoms. The number of nitrogens with zero attached hydrogens (tertiary/aromatic N) is 1. The summed E-state index contributed by atoms with van der Waals surface area (Å²) in [6.07, 6.45) is 3.55. The lowest BCUT2D eigenvalue weighted by molar-refractivity contribution is -0.119. The molecule has 0 fully saturated rings. The fourth-order valence-electron chi connectivity index (χ4n) is 3.96. The van der Waals surface area contributed by atoms with Gasteiger partial charge < -0.3 is 10.2 Å². The zero-order valence-electron chi connectivity index (χ0n) is 16.4. The quantitative estimate of drug-likeness (QED) is 0.742. The average Bonchev–Trinajstić information content (AvgIpc) is 2.62. The Morgan fingerprint density at radius 3 is 2.58 bits per heavy atom. The fraction of sp³-hybridized carbons (Fsp3) is 0.435. The molecule has 1 heterocycles. The second kappa shape index (κ2) is 7.94. The van der Waals surface area contributed by atoms with Gasteiger partial charge in [0.2, 0.25) is 5.91 Å². The number of unbranched alkanes of at least 4 members (excludes halogenated alkanes) is 1. The normalized spacial score (nSPS) is 19.2. The number of para-hydroxylation sites is 2. The molecular formula is C23H30N2O. The molecule has 3 heteroatoms. The second-order valence-corrected chi connectivity index (χ2v) is 7.48. The largest absolute Gasteiger partial charge is 0.378 e. The van der Waals surface area contributed by atoms with Crippen molar-refractivity contribution in [3.05, 3.63) is 59.2 Å². The summed E-state index contributed by atoms with van der Waals surface area (Å²) in [6, 6.07) is 15.2. The minimum absolute atomic E-state index is 0.189. The van der Waals surface area contributed by atoms with E-state index in [-0.39, 0.29) is 18.0 Å². The molecular weight excluding hydrogens is 320 g/mol. The van der Waals surface area contributed by atoms with Crippen LogP contribution >= 0.6 is 0 Å². The molecule has 3 rings (SSSR count). The van der Waals surface area contributed by atoms with Gasteiger partial charge in [0.15, 0.2) is 0 Å². The Labute approximate surface area is 157 Å². The molecule has 0 radical (unpaired) electrons. The molecule has 2 aromatic carbocycles. The van der Waals surface area contributed by atoms with Crippen LogP contribution in [0.2, 0.25) is 0 Å². The molecule has 1 aliphatic heterocycles. The van der Waals surface area contributed by atoms with E-state index in [2.05, 4.69) is 80.4 Å². The maximum atomic E-state index is 12.9. The standard InChI is InChI=1S/C23H30N2O/c1-5-6-14-22(26)25-18(4)15-21(19-12-9-11-17(3)23(19)25)24-20-13-8-7-10-16(20)2/h7-13,18,21,24H,5-6,14-15H2,1-4H3/t18-,21-/m0/s1. The monoisotopic (exact) mass is 350 g/mol. The summed E-state index contributed by atoms with van der Waals surface area (Å²) >= 11 is 0. The van der Waals surface area contributed by atoms with Gasteiger partial charge in [0.25, 0.3) is 0 Å². The van der Waals surface area contributed by atoms with E-state index in [4.69, 9.17) is 0 Å². The van der Waals surface area contributed by atoms with Crippen molar-refractivity contribution >= 4 is 17.3 Å². The Morgan fingerprint density at radius 1 is 1.12 bits per heavy atom.